The van der Waals surface area contributed by atoms with Crippen LogP contribution in [0.25, 0.3) is 10.9 Å². The number of aliphatic hydroxyl groups excluding tert-OH is 1. The van der Waals surface area contributed by atoms with Crippen molar-refractivity contribution in [3.8, 4) is 0 Å². The van der Waals surface area contributed by atoms with Crippen LogP contribution >= 0.6 is 0 Å². The highest BCUT2D eigenvalue weighted by Gasteiger charge is 2.36. The minimum Gasteiger partial charge on any atom is -0.391 e. The molecular weight excluding hydrogens is 381 g/mol. The van der Waals surface area contributed by atoms with Crippen LogP contribution in [0, 0.1) is 11.6 Å². The molecule has 1 fully saturated rings. The fourth-order valence-corrected chi connectivity index (χ4v) is 3.55. The summed E-state index contributed by atoms with van der Waals surface area (Å²) in [4.78, 5) is 9.65. The van der Waals surface area contributed by atoms with Gasteiger partial charge in [0.05, 0.1) is 23.2 Å². The Labute approximate surface area is 156 Å². The number of hydrogen-bond donors (Lipinski definition) is 1. The predicted molar refractivity (Wildman–Crippen MR) is 91.6 cm³/mol. The lowest BCUT2D eigenvalue weighted by Crippen LogP contribution is -2.26. The van der Waals surface area contributed by atoms with Gasteiger partial charge in [0.1, 0.15) is 12.1 Å². The van der Waals surface area contributed by atoms with Crippen LogP contribution in [0.15, 0.2) is 42.7 Å². The van der Waals surface area contributed by atoms with Gasteiger partial charge >= 0.3 is 6.18 Å². The SMILES string of the molecule is O[C@@H]1C[C@H](c2cccc(C(F)(F)F)c2)N(c2ncnc3cc(F)c(F)cc23)C1. The molecule has 2 heterocycles. The van der Waals surface area contributed by atoms with Crippen molar-refractivity contribution in [3.05, 3.63) is 65.5 Å². The number of aliphatic hydroxyl groups is 1. The minimum atomic E-state index is -4.50. The van der Waals surface area contributed by atoms with Gasteiger partial charge in [0.15, 0.2) is 11.6 Å². The maximum Gasteiger partial charge on any atom is 0.416 e. The van der Waals surface area contributed by atoms with Crippen molar-refractivity contribution in [2.45, 2.75) is 24.7 Å². The highest BCUT2D eigenvalue weighted by molar-refractivity contribution is 5.89. The molecule has 2 aromatic carbocycles. The molecule has 1 aromatic heterocycles. The van der Waals surface area contributed by atoms with E-state index < -0.39 is 35.5 Å². The Kier molecular flexibility index (Phi) is 4.41. The van der Waals surface area contributed by atoms with Gasteiger partial charge in [-0.3, -0.25) is 0 Å². The number of β-amino-alcohol motifs (C(OH)–C–C–N with tert-alkyl or cyclic N) is 1. The van der Waals surface area contributed by atoms with E-state index in [1.807, 2.05) is 0 Å². The lowest BCUT2D eigenvalue weighted by atomic mass is 10.0. The second kappa shape index (κ2) is 6.66. The summed E-state index contributed by atoms with van der Waals surface area (Å²) in [5.41, 5.74) is -0.291. The molecule has 4 rings (SSSR count). The molecular formula is C19H14F5N3O. The fraction of sp³-hybridized carbons (Fsp3) is 0.263. The molecule has 28 heavy (non-hydrogen) atoms. The summed E-state index contributed by atoms with van der Waals surface area (Å²) in [6.07, 6.45) is -3.96. The Balaban J connectivity index is 1.82. The lowest BCUT2D eigenvalue weighted by molar-refractivity contribution is -0.137. The zero-order valence-corrected chi connectivity index (χ0v) is 14.3. The van der Waals surface area contributed by atoms with Crippen LogP contribution in [0.3, 0.4) is 0 Å². The van der Waals surface area contributed by atoms with Crippen LogP contribution in [-0.2, 0) is 6.18 Å². The molecule has 3 aromatic rings. The van der Waals surface area contributed by atoms with E-state index in [2.05, 4.69) is 9.97 Å². The van der Waals surface area contributed by atoms with Crippen molar-refractivity contribution in [2.24, 2.45) is 0 Å². The number of rotatable bonds is 2. The molecule has 146 valence electrons. The third kappa shape index (κ3) is 3.26. The van der Waals surface area contributed by atoms with Crippen LogP contribution in [-0.4, -0.2) is 27.7 Å². The van der Waals surface area contributed by atoms with Crippen molar-refractivity contribution < 1.29 is 27.1 Å². The van der Waals surface area contributed by atoms with E-state index >= 15 is 0 Å². The molecule has 0 amide bonds. The second-order valence-electron chi connectivity index (χ2n) is 6.66. The van der Waals surface area contributed by atoms with E-state index in [0.717, 1.165) is 24.3 Å². The Morgan fingerprint density at radius 2 is 1.79 bits per heavy atom. The smallest absolute Gasteiger partial charge is 0.391 e. The number of halogens is 5. The molecule has 1 N–H and O–H groups in total. The van der Waals surface area contributed by atoms with Crippen molar-refractivity contribution in [1.82, 2.24) is 9.97 Å². The largest absolute Gasteiger partial charge is 0.416 e. The van der Waals surface area contributed by atoms with E-state index in [-0.39, 0.29) is 29.7 Å². The molecule has 0 bridgehead atoms. The molecule has 9 heteroatoms. The van der Waals surface area contributed by atoms with Crippen LogP contribution in [0.2, 0.25) is 0 Å². The molecule has 1 aliphatic heterocycles. The number of fused-ring (bicyclic) bond motifs is 1. The normalized spacial score (nSPS) is 20.1. The number of hydrogen-bond acceptors (Lipinski definition) is 4. The maximum absolute atomic E-state index is 13.8. The summed E-state index contributed by atoms with van der Waals surface area (Å²) in [5, 5.41) is 10.4. The number of alkyl halides is 3. The first kappa shape index (κ1) is 18.5. The Morgan fingerprint density at radius 3 is 2.54 bits per heavy atom. The van der Waals surface area contributed by atoms with Crippen molar-refractivity contribution >= 4 is 16.7 Å². The van der Waals surface area contributed by atoms with Crippen LogP contribution in [0.1, 0.15) is 23.6 Å². The van der Waals surface area contributed by atoms with Gasteiger partial charge in [-0.2, -0.15) is 13.2 Å². The Hall–Kier alpha value is -2.81. The van der Waals surface area contributed by atoms with E-state index in [0.29, 0.717) is 5.56 Å². The standard InChI is InChI=1S/C19H14F5N3O/c20-14-6-13-16(7-15(14)21)25-9-26-18(13)27-8-12(28)5-17(27)10-2-1-3-11(4-10)19(22,23)24/h1-4,6-7,9,12,17,28H,5,8H2/t12-,17-/m1/s1. The predicted octanol–water partition coefficient (Wildman–Crippen LogP) is 4.24. The highest BCUT2D eigenvalue weighted by Crippen LogP contribution is 2.40. The van der Waals surface area contributed by atoms with E-state index in [4.69, 9.17) is 0 Å². The van der Waals surface area contributed by atoms with Crippen LogP contribution in [0.5, 0.6) is 0 Å². The molecule has 0 spiro atoms. The van der Waals surface area contributed by atoms with Crippen molar-refractivity contribution in [2.75, 3.05) is 11.4 Å². The first-order valence-corrected chi connectivity index (χ1v) is 8.45. The maximum atomic E-state index is 13.8. The summed E-state index contributed by atoms with van der Waals surface area (Å²) in [6.45, 7) is 0.0893. The van der Waals surface area contributed by atoms with E-state index in [1.54, 1.807) is 4.90 Å². The zero-order chi connectivity index (χ0) is 20.1. The van der Waals surface area contributed by atoms with Crippen molar-refractivity contribution in [1.29, 1.82) is 0 Å². The number of aromatic nitrogens is 2. The van der Waals surface area contributed by atoms with Gasteiger partial charge in [0.25, 0.3) is 0 Å². The van der Waals surface area contributed by atoms with E-state index in [1.165, 1.54) is 18.5 Å². The highest BCUT2D eigenvalue weighted by atomic mass is 19.4. The third-order valence-corrected chi connectivity index (χ3v) is 4.81. The summed E-state index contributed by atoms with van der Waals surface area (Å²) < 4.78 is 66.5. The number of benzene rings is 2. The molecule has 1 aliphatic rings. The monoisotopic (exact) mass is 395 g/mol. The molecule has 4 nitrogen and oxygen atoms in total. The summed E-state index contributed by atoms with van der Waals surface area (Å²) in [7, 11) is 0. The summed E-state index contributed by atoms with van der Waals surface area (Å²) >= 11 is 0. The summed E-state index contributed by atoms with van der Waals surface area (Å²) in [6, 6.07) is 6.11. The van der Waals surface area contributed by atoms with Gasteiger partial charge in [-0.15, -0.1) is 0 Å². The van der Waals surface area contributed by atoms with Gasteiger partial charge in [-0.25, -0.2) is 18.7 Å². The molecule has 0 aliphatic carbocycles. The Morgan fingerprint density at radius 1 is 1.04 bits per heavy atom. The van der Waals surface area contributed by atoms with Gasteiger partial charge in [0.2, 0.25) is 0 Å². The molecule has 2 atom stereocenters. The van der Waals surface area contributed by atoms with Crippen LogP contribution < -0.4 is 4.90 Å². The zero-order valence-electron chi connectivity index (χ0n) is 14.3. The number of anilines is 1. The van der Waals surface area contributed by atoms with Gasteiger partial charge < -0.3 is 10.0 Å². The summed E-state index contributed by atoms with van der Waals surface area (Å²) in [5.74, 6) is -1.92. The van der Waals surface area contributed by atoms with Crippen molar-refractivity contribution in [3.63, 3.8) is 0 Å². The van der Waals surface area contributed by atoms with Crippen LogP contribution in [0.4, 0.5) is 27.8 Å². The van der Waals surface area contributed by atoms with Gasteiger partial charge in [-0.1, -0.05) is 12.1 Å². The quantitative estimate of drug-likeness (QED) is 0.660. The topological polar surface area (TPSA) is 49.2 Å². The molecule has 1 saturated heterocycles. The number of nitrogens with zero attached hydrogens (tertiary/aromatic N) is 3. The van der Waals surface area contributed by atoms with Gasteiger partial charge in [0, 0.05) is 18.0 Å². The average Bonchev–Trinajstić information content (AvgIpc) is 3.03. The fourth-order valence-electron chi connectivity index (χ4n) is 3.55. The minimum absolute atomic E-state index is 0.0893. The lowest BCUT2D eigenvalue weighted by Gasteiger charge is -2.27. The molecule has 0 unspecified atom stereocenters. The molecule has 0 radical (unpaired) electrons. The van der Waals surface area contributed by atoms with E-state index in [9.17, 15) is 27.1 Å². The van der Waals surface area contributed by atoms with Gasteiger partial charge in [-0.05, 0) is 30.2 Å². The second-order valence-corrected chi connectivity index (χ2v) is 6.66. The first-order valence-electron chi connectivity index (χ1n) is 8.45. The third-order valence-electron chi connectivity index (χ3n) is 4.81. The molecule has 0 saturated carbocycles. The first-order chi connectivity index (χ1) is 13.2. The Bertz CT molecular complexity index is 1040. The average molecular weight is 395 g/mol.